The zero-order valence-electron chi connectivity index (χ0n) is 14.8. The number of Topliss-reactive ketones (excluding diaryl/α,β-unsaturated/α-hetero) is 1. The quantitative estimate of drug-likeness (QED) is 0.576. The number of nitrogens with one attached hydrogen (secondary N) is 3. The summed E-state index contributed by atoms with van der Waals surface area (Å²) in [5, 5.41) is 9.53. The van der Waals surface area contributed by atoms with Crippen LogP contribution in [0.2, 0.25) is 0 Å². The molecule has 5 N–H and O–H groups in total. The summed E-state index contributed by atoms with van der Waals surface area (Å²) in [6.45, 7) is 9.25. The highest BCUT2D eigenvalue weighted by atomic mass is 16.1. The van der Waals surface area contributed by atoms with Crippen LogP contribution in [0.15, 0.2) is 48.6 Å². The zero-order valence-corrected chi connectivity index (χ0v) is 14.8. The topological polar surface area (TPSA) is 82.4 Å². The van der Waals surface area contributed by atoms with Gasteiger partial charge in [-0.2, -0.15) is 0 Å². The van der Waals surface area contributed by atoms with Crippen molar-refractivity contribution in [1.29, 1.82) is 0 Å². The van der Waals surface area contributed by atoms with E-state index in [1.807, 2.05) is 56.4 Å². The first-order valence-electron chi connectivity index (χ1n) is 8.30. The van der Waals surface area contributed by atoms with E-state index >= 15 is 0 Å². The molecule has 0 bridgehead atoms. The molecule has 2 heterocycles. The fraction of sp³-hybridized carbons (Fsp3) is 0.500. The number of carbonyl (C=O) groups is 1. The van der Waals surface area contributed by atoms with Crippen molar-refractivity contribution in [3.63, 3.8) is 0 Å². The number of hydrogen-bond acceptors (Lipinski definition) is 6. The predicted octanol–water partition coefficient (Wildman–Crippen LogP) is 0.778. The third kappa shape index (κ3) is 4.27. The number of allylic oxidation sites excluding steroid dienone is 2. The molecule has 0 aromatic heterocycles. The van der Waals surface area contributed by atoms with Crippen LogP contribution in [-0.4, -0.2) is 43.0 Å². The molecule has 132 valence electrons. The number of nitrogens with two attached hydrogens (primary N) is 1. The van der Waals surface area contributed by atoms with E-state index in [9.17, 15) is 4.79 Å². The van der Waals surface area contributed by atoms with Gasteiger partial charge in [0.05, 0.1) is 18.3 Å². The number of likely N-dealkylation sites (tertiary alicyclic amines) is 1. The van der Waals surface area contributed by atoms with Gasteiger partial charge in [0.15, 0.2) is 5.78 Å². The summed E-state index contributed by atoms with van der Waals surface area (Å²) in [7, 11) is 1.82. The molecule has 0 saturated carbocycles. The minimum atomic E-state index is -0.391. The van der Waals surface area contributed by atoms with E-state index in [0.29, 0.717) is 6.54 Å². The molecule has 6 nitrogen and oxygen atoms in total. The van der Waals surface area contributed by atoms with Crippen LogP contribution in [0.1, 0.15) is 20.3 Å². The third-order valence-corrected chi connectivity index (χ3v) is 4.60. The fourth-order valence-corrected chi connectivity index (χ4v) is 2.75. The summed E-state index contributed by atoms with van der Waals surface area (Å²) >= 11 is 0. The maximum Gasteiger partial charge on any atom is 0.152 e. The van der Waals surface area contributed by atoms with E-state index in [2.05, 4.69) is 22.5 Å². The molecule has 1 fully saturated rings. The molecular formula is C18H29N5O. The second-order valence-corrected chi connectivity index (χ2v) is 6.90. The fourth-order valence-electron chi connectivity index (χ4n) is 2.75. The van der Waals surface area contributed by atoms with E-state index in [1.54, 1.807) is 0 Å². The lowest BCUT2D eigenvalue weighted by atomic mass is 9.81. The third-order valence-electron chi connectivity index (χ3n) is 4.60. The lowest BCUT2D eigenvalue weighted by molar-refractivity contribution is -0.132. The molecule has 6 heteroatoms. The molecule has 0 radical (unpaired) electrons. The smallest absolute Gasteiger partial charge is 0.152 e. The second-order valence-electron chi connectivity index (χ2n) is 6.90. The molecule has 1 saturated heterocycles. The number of dihydropyridines is 1. The first-order valence-corrected chi connectivity index (χ1v) is 8.30. The van der Waals surface area contributed by atoms with Gasteiger partial charge >= 0.3 is 0 Å². The summed E-state index contributed by atoms with van der Waals surface area (Å²) in [5.41, 5.74) is 7.75. The van der Waals surface area contributed by atoms with Crippen LogP contribution in [0.3, 0.4) is 0 Å². The largest absolute Gasteiger partial charge is 0.392 e. The Morgan fingerprint density at radius 1 is 1.54 bits per heavy atom. The molecule has 2 rings (SSSR count). The van der Waals surface area contributed by atoms with Crippen molar-refractivity contribution in [3.05, 3.63) is 48.6 Å². The van der Waals surface area contributed by atoms with Crippen LogP contribution in [0.25, 0.3) is 0 Å². The summed E-state index contributed by atoms with van der Waals surface area (Å²) in [5.74, 6) is 0.230. The number of hydrogen-bond donors (Lipinski definition) is 4. The Morgan fingerprint density at radius 2 is 2.29 bits per heavy atom. The van der Waals surface area contributed by atoms with E-state index in [-0.39, 0.29) is 17.2 Å². The molecule has 2 unspecified atom stereocenters. The van der Waals surface area contributed by atoms with Gasteiger partial charge in [-0.25, -0.2) is 0 Å². The summed E-state index contributed by atoms with van der Waals surface area (Å²) in [4.78, 5) is 14.3. The number of carbonyl (C=O) groups excluding carboxylic acids is 1. The Kier molecular flexibility index (Phi) is 5.85. The average Bonchev–Trinajstić information content (AvgIpc) is 2.57. The highest BCUT2D eigenvalue weighted by Gasteiger charge is 2.36. The van der Waals surface area contributed by atoms with Gasteiger partial charge in [-0.15, -0.1) is 0 Å². The summed E-state index contributed by atoms with van der Waals surface area (Å²) < 4.78 is 0. The number of piperidine rings is 1. The van der Waals surface area contributed by atoms with Gasteiger partial charge in [0.1, 0.15) is 6.17 Å². The van der Waals surface area contributed by atoms with Crippen LogP contribution in [0.4, 0.5) is 0 Å². The van der Waals surface area contributed by atoms with Crippen LogP contribution in [-0.2, 0) is 4.79 Å². The van der Waals surface area contributed by atoms with Gasteiger partial charge in [-0.3, -0.25) is 9.69 Å². The Labute approximate surface area is 144 Å². The number of ketones is 1. The molecule has 2 aliphatic heterocycles. The molecule has 0 spiro atoms. The average molecular weight is 331 g/mol. The number of nitrogens with zero attached hydrogens (tertiary/aromatic N) is 1. The predicted molar refractivity (Wildman–Crippen MR) is 97.6 cm³/mol. The minimum Gasteiger partial charge on any atom is -0.392 e. The van der Waals surface area contributed by atoms with Gasteiger partial charge in [0.2, 0.25) is 0 Å². The van der Waals surface area contributed by atoms with Gasteiger partial charge in [0, 0.05) is 30.9 Å². The van der Waals surface area contributed by atoms with Crippen LogP contribution >= 0.6 is 0 Å². The highest BCUT2D eigenvalue weighted by Crippen LogP contribution is 2.27. The van der Waals surface area contributed by atoms with Crippen molar-refractivity contribution in [2.24, 2.45) is 11.1 Å². The lowest BCUT2D eigenvalue weighted by Crippen LogP contribution is -2.55. The normalized spacial score (nSPS) is 25.1. The van der Waals surface area contributed by atoms with Crippen LogP contribution < -0.4 is 21.7 Å². The number of rotatable bonds is 6. The Balaban J connectivity index is 2.03. The van der Waals surface area contributed by atoms with Gasteiger partial charge in [-0.05, 0) is 18.7 Å². The minimum absolute atomic E-state index is 0.00405. The summed E-state index contributed by atoms with van der Waals surface area (Å²) in [6, 6.07) is 0.00405. The van der Waals surface area contributed by atoms with Crippen molar-refractivity contribution in [3.8, 4) is 0 Å². The van der Waals surface area contributed by atoms with E-state index < -0.39 is 6.17 Å². The van der Waals surface area contributed by atoms with Crippen molar-refractivity contribution < 1.29 is 4.79 Å². The maximum atomic E-state index is 12.3. The standard InChI is InChI=1S/C18H29N5O/c1-13(14-7-5-6-9-21-14)22-15(11-20-4)17(19)23-10-8-18(2,3)16(24)12-23/h5-7,9,11,14,17,20-22H,1,8,10,12,19H2,2-4H3/b15-11+. The van der Waals surface area contributed by atoms with Crippen molar-refractivity contribution in [2.75, 3.05) is 20.1 Å². The maximum absolute atomic E-state index is 12.3. The Bertz CT molecular complexity index is 576. The van der Waals surface area contributed by atoms with Crippen molar-refractivity contribution >= 4 is 5.78 Å². The van der Waals surface area contributed by atoms with Gasteiger partial charge in [-0.1, -0.05) is 32.6 Å². The second kappa shape index (κ2) is 7.68. The van der Waals surface area contributed by atoms with E-state index in [4.69, 9.17) is 5.73 Å². The van der Waals surface area contributed by atoms with Crippen molar-refractivity contribution in [1.82, 2.24) is 20.9 Å². The lowest BCUT2D eigenvalue weighted by Gasteiger charge is -2.39. The molecule has 0 aromatic carbocycles. The van der Waals surface area contributed by atoms with Gasteiger partial charge in [0.25, 0.3) is 0 Å². The molecular weight excluding hydrogens is 302 g/mol. The molecule has 0 aromatic rings. The monoisotopic (exact) mass is 331 g/mol. The SMILES string of the molecule is C=C(N/C(=C/NC)C(N)N1CCC(C)(C)C(=O)C1)C1C=CC=CN1. The summed E-state index contributed by atoms with van der Waals surface area (Å²) in [6.07, 6.45) is 10.0. The van der Waals surface area contributed by atoms with Crippen LogP contribution in [0, 0.1) is 5.41 Å². The molecule has 0 aliphatic carbocycles. The zero-order chi connectivity index (χ0) is 17.7. The van der Waals surface area contributed by atoms with E-state index in [1.165, 1.54) is 0 Å². The molecule has 24 heavy (non-hydrogen) atoms. The van der Waals surface area contributed by atoms with E-state index in [0.717, 1.165) is 24.4 Å². The highest BCUT2D eigenvalue weighted by molar-refractivity contribution is 5.86. The Morgan fingerprint density at radius 3 is 2.88 bits per heavy atom. The van der Waals surface area contributed by atoms with Gasteiger partial charge < -0.3 is 21.7 Å². The molecule has 2 aliphatic rings. The molecule has 0 amide bonds. The first kappa shape index (κ1) is 18.3. The molecule has 2 atom stereocenters. The first-order chi connectivity index (χ1) is 11.3. The van der Waals surface area contributed by atoms with Crippen molar-refractivity contribution in [2.45, 2.75) is 32.5 Å². The van der Waals surface area contributed by atoms with Crippen LogP contribution in [0.5, 0.6) is 0 Å². The Hall–Kier alpha value is -2.05.